The summed E-state index contributed by atoms with van der Waals surface area (Å²) in [7, 11) is 3.35. The second-order valence-electron chi connectivity index (χ2n) is 7.59. The smallest absolute Gasteiger partial charge is 0.160 e. The van der Waals surface area contributed by atoms with Crippen molar-refractivity contribution in [2.24, 2.45) is 5.92 Å². The van der Waals surface area contributed by atoms with Crippen molar-refractivity contribution in [1.82, 2.24) is 4.90 Å². The number of methoxy groups -OCH3 is 2. The lowest BCUT2D eigenvalue weighted by Gasteiger charge is -2.38. The van der Waals surface area contributed by atoms with Crippen molar-refractivity contribution in [1.29, 1.82) is 0 Å². The summed E-state index contributed by atoms with van der Waals surface area (Å²) >= 11 is 0. The Labute approximate surface area is 152 Å². The molecule has 1 heterocycles. The Hall–Kier alpha value is -1.26. The third-order valence-corrected chi connectivity index (χ3v) is 5.76. The zero-order valence-corrected chi connectivity index (χ0v) is 16.0. The van der Waals surface area contributed by atoms with E-state index in [1.807, 2.05) is 6.07 Å². The average Bonchev–Trinajstić information content (AvgIpc) is 3.08. The molecule has 1 aliphatic heterocycles. The number of rotatable bonds is 7. The second-order valence-corrected chi connectivity index (χ2v) is 7.59. The van der Waals surface area contributed by atoms with Crippen molar-refractivity contribution in [2.75, 3.05) is 33.9 Å². The molecular weight excluding hydrogens is 314 g/mol. The van der Waals surface area contributed by atoms with Crippen LogP contribution >= 0.6 is 0 Å². The van der Waals surface area contributed by atoms with Gasteiger partial charge in [-0.3, -0.25) is 4.90 Å². The van der Waals surface area contributed by atoms with Crippen LogP contribution in [0, 0.1) is 5.92 Å². The Morgan fingerprint density at radius 1 is 1.04 bits per heavy atom. The minimum Gasteiger partial charge on any atom is -0.493 e. The summed E-state index contributed by atoms with van der Waals surface area (Å²) in [4.78, 5) is 2.69. The van der Waals surface area contributed by atoms with E-state index in [1.54, 1.807) is 14.2 Å². The predicted molar refractivity (Wildman–Crippen MR) is 101 cm³/mol. The van der Waals surface area contributed by atoms with Crippen LogP contribution in [0.2, 0.25) is 0 Å². The number of likely N-dealkylation sites (tertiary alicyclic amines) is 1. The summed E-state index contributed by atoms with van der Waals surface area (Å²) in [5.41, 5.74) is 1.24. The van der Waals surface area contributed by atoms with Gasteiger partial charge in [-0.05, 0) is 55.8 Å². The van der Waals surface area contributed by atoms with Gasteiger partial charge in [0.1, 0.15) is 0 Å². The SMILES string of the molecule is COc1ccc(CCO[C@H]2CCCC[C@@H]2N2CC[C@@H](C)C2)cc1OC. The first-order valence-corrected chi connectivity index (χ1v) is 9.78. The number of hydrogen-bond acceptors (Lipinski definition) is 4. The van der Waals surface area contributed by atoms with Gasteiger partial charge in [0.15, 0.2) is 11.5 Å². The Bertz CT molecular complexity index is 548. The van der Waals surface area contributed by atoms with E-state index in [9.17, 15) is 0 Å². The summed E-state index contributed by atoms with van der Waals surface area (Å²) in [6, 6.07) is 6.76. The van der Waals surface area contributed by atoms with Crippen LogP contribution in [0.5, 0.6) is 11.5 Å². The van der Waals surface area contributed by atoms with Crippen molar-refractivity contribution < 1.29 is 14.2 Å². The topological polar surface area (TPSA) is 30.9 Å². The van der Waals surface area contributed by atoms with E-state index in [2.05, 4.69) is 24.0 Å². The van der Waals surface area contributed by atoms with Crippen LogP contribution in [0.25, 0.3) is 0 Å². The minimum absolute atomic E-state index is 0.402. The summed E-state index contributed by atoms with van der Waals surface area (Å²) in [6.45, 7) is 5.65. The largest absolute Gasteiger partial charge is 0.493 e. The van der Waals surface area contributed by atoms with Crippen molar-refractivity contribution >= 4 is 0 Å². The third-order valence-electron chi connectivity index (χ3n) is 5.76. The van der Waals surface area contributed by atoms with E-state index >= 15 is 0 Å². The maximum Gasteiger partial charge on any atom is 0.160 e. The van der Waals surface area contributed by atoms with Gasteiger partial charge in [-0.15, -0.1) is 0 Å². The summed E-state index contributed by atoms with van der Waals surface area (Å²) in [5.74, 6) is 2.42. The highest BCUT2D eigenvalue weighted by Crippen LogP contribution is 2.30. The van der Waals surface area contributed by atoms with Gasteiger partial charge in [0.05, 0.1) is 26.9 Å². The first-order chi connectivity index (χ1) is 12.2. The molecule has 1 saturated carbocycles. The summed E-state index contributed by atoms with van der Waals surface area (Å²) in [6.07, 6.45) is 7.83. The lowest BCUT2D eigenvalue weighted by atomic mass is 9.91. The van der Waals surface area contributed by atoms with Gasteiger partial charge >= 0.3 is 0 Å². The highest BCUT2D eigenvalue weighted by Gasteiger charge is 2.33. The van der Waals surface area contributed by atoms with Crippen LogP contribution in [0.3, 0.4) is 0 Å². The van der Waals surface area contributed by atoms with Gasteiger partial charge in [-0.2, -0.15) is 0 Å². The molecule has 1 saturated heterocycles. The molecule has 25 heavy (non-hydrogen) atoms. The van der Waals surface area contributed by atoms with E-state index in [-0.39, 0.29) is 0 Å². The fourth-order valence-electron chi connectivity index (χ4n) is 4.32. The van der Waals surface area contributed by atoms with Gasteiger partial charge in [-0.1, -0.05) is 25.8 Å². The molecule has 0 amide bonds. The number of ether oxygens (including phenoxy) is 3. The Morgan fingerprint density at radius 3 is 2.56 bits per heavy atom. The van der Waals surface area contributed by atoms with E-state index < -0.39 is 0 Å². The Balaban J connectivity index is 1.53. The molecule has 2 aliphatic rings. The second kappa shape index (κ2) is 8.91. The average molecular weight is 347 g/mol. The lowest BCUT2D eigenvalue weighted by Crippen LogP contribution is -2.45. The van der Waals surface area contributed by atoms with E-state index in [0.29, 0.717) is 12.1 Å². The zero-order valence-electron chi connectivity index (χ0n) is 16.0. The molecule has 0 aromatic heterocycles. The molecule has 2 fully saturated rings. The zero-order chi connectivity index (χ0) is 17.6. The first-order valence-electron chi connectivity index (χ1n) is 9.78. The van der Waals surface area contributed by atoms with Crippen LogP contribution in [0.4, 0.5) is 0 Å². The first kappa shape index (κ1) is 18.5. The summed E-state index contributed by atoms with van der Waals surface area (Å²) < 4.78 is 17.1. The van der Waals surface area contributed by atoms with Crippen molar-refractivity contribution in [3.63, 3.8) is 0 Å². The molecule has 1 aromatic carbocycles. The molecule has 0 unspecified atom stereocenters. The molecule has 0 spiro atoms. The van der Waals surface area contributed by atoms with Crippen LogP contribution in [0.1, 0.15) is 44.6 Å². The van der Waals surface area contributed by atoms with Crippen molar-refractivity contribution in [2.45, 2.75) is 57.6 Å². The Kier molecular flexibility index (Phi) is 6.60. The predicted octanol–water partition coefficient (Wildman–Crippen LogP) is 3.92. The Morgan fingerprint density at radius 2 is 1.84 bits per heavy atom. The molecule has 4 heteroatoms. The molecule has 140 valence electrons. The standard InChI is InChI=1S/C21H33NO3/c1-16-10-12-22(15-16)18-6-4-5-7-19(18)25-13-11-17-8-9-20(23-2)21(14-17)24-3/h8-9,14,16,18-19H,4-7,10-13,15H2,1-3H3/t16-,18+,19+/m1/s1. The van der Waals surface area contributed by atoms with Gasteiger partial charge in [0.2, 0.25) is 0 Å². The van der Waals surface area contributed by atoms with Crippen LogP contribution in [-0.4, -0.2) is 51.0 Å². The minimum atomic E-state index is 0.402. The maximum atomic E-state index is 6.36. The van der Waals surface area contributed by atoms with Gasteiger partial charge in [0.25, 0.3) is 0 Å². The highest BCUT2D eigenvalue weighted by molar-refractivity contribution is 5.42. The third kappa shape index (κ3) is 4.68. The molecule has 3 rings (SSSR count). The quantitative estimate of drug-likeness (QED) is 0.748. The molecule has 3 atom stereocenters. The van der Waals surface area contributed by atoms with E-state index in [4.69, 9.17) is 14.2 Å². The fraction of sp³-hybridized carbons (Fsp3) is 0.714. The highest BCUT2D eigenvalue weighted by atomic mass is 16.5. The fourth-order valence-corrected chi connectivity index (χ4v) is 4.32. The molecule has 0 radical (unpaired) electrons. The van der Waals surface area contributed by atoms with Gasteiger partial charge in [-0.25, -0.2) is 0 Å². The molecular formula is C21H33NO3. The number of hydrogen-bond donors (Lipinski definition) is 0. The molecule has 4 nitrogen and oxygen atoms in total. The van der Waals surface area contributed by atoms with Crippen molar-refractivity contribution in [3.05, 3.63) is 23.8 Å². The van der Waals surface area contributed by atoms with Crippen LogP contribution in [-0.2, 0) is 11.2 Å². The normalized spacial score (nSPS) is 27.4. The van der Waals surface area contributed by atoms with E-state index in [0.717, 1.165) is 30.4 Å². The molecule has 0 N–H and O–H groups in total. The van der Waals surface area contributed by atoms with Crippen LogP contribution < -0.4 is 9.47 Å². The maximum absolute atomic E-state index is 6.36. The monoisotopic (exact) mass is 347 g/mol. The molecule has 1 aromatic rings. The lowest BCUT2D eigenvalue weighted by molar-refractivity contribution is -0.0298. The van der Waals surface area contributed by atoms with Gasteiger partial charge in [0, 0.05) is 12.6 Å². The number of benzene rings is 1. The number of nitrogens with zero attached hydrogens (tertiary/aromatic N) is 1. The van der Waals surface area contributed by atoms with Crippen molar-refractivity contribution in [3.8, 4) is 11.5 Å². The molecule has 0 bridgehead atoms. The van der Waals surface area contributed by atoms with Gasteiger partial charge < -0.3 is 14.2 Å². The van der Waals surface area contributed by atoms with E-state index in [1.165, 1.54) is 50.8 Å². The summed E-state index contributed by atoms with van der Waals surface area (Å²) in [5, 5.41) is 0. The molecule has 1 aliphatic carbocycles. The van der Waals surface area contributed by atoms with Crippen LogP contribution in [0.15, 0.2) is 18.2 Å².